The molecular weight excluding hydrogens is 412 g/mol. The maximum atomic E-state index is 10.5. The number of hydrogen-bond acceptors (Lipinski definition) is 7. The van der Waals surface area contributed by atoms with E-state index in [1.807, 2.05) is 32.1 Å². The highest BCUT2D eigenvalue weighted by Gasteiger charge is 2.23. The normalized spacial score (nSPS) is 18.9. The zero-order valence-corrected chi connectivity index (χ0v) is 21.8. The molecule has 7 atom stereocenters. The first kappa shape index (κ1) is 33.4. The summed E-state index contributed by atoms with van der Waals surface area (Å²) >= 11 is 0. The molecule has 0 saturated carbocycles. The Bertz CT molecular complexity index is 477. The average Bonchev–Trinajstić information content (AvgIpc) is 2.81. The van der Waals surface area contributed by atoms with Crippen LogP contribution in [0.15, 0.2) is 23.8 Å². The molecule has 0 aromatic heterocycles. The van der Waals surface area contributed by atoms with E-state index in [0.717, 1.165) is 38.4 Å². The van der Waals surface area contributed by atoms with Gasteiger partial charge in [0.1, 0.15) is 6.10 Å². The number of methoxy groups -OCH3 is 4. The molecule has 7 unspecified atom stereocenters. The van der Waals surface area contributed by atoms with Crippen molar-refractivity contribution in [3.05, 3.63) is 23.8 Å². The second-order valence-corrected chi connectivity index (χ2v) is 8.26. The Kier molecular flexibility index (Phi) is 21.7. The van der Waals surface area contributed by atoms with Crippen LogP contribution < -0.4 is 0 Å². The molecule has 32 heavy (non-hydrogen) atoms. The van der Waals surface area contributed by atoms with E-state index < -0.39 is 12.4 Å². The van der Waals surface area contributed by atoms with Crippen LogP contribution in [0.25, 0.3) is 0 Å². The quantitative estimate of drug-likeness (QED) is 0.224. The zero-order chi connectivity index (χ0) is 25.1. The highest BCUT2D eigenvalue weighted by Crippen LogP contribution is 2.21. The predicted octanol–water partition coefficient (Wildman–Crippen LogP) is 3.71. The fourth-order valence-corrected chi connectivity index (χ4v) is 3.64. The van der Waals surface area contributed by atoms with Gasteiger partial charge in [0, 0.05) is 47.9 Å². The van der Waals surface area contributed by atoms with E-state index in [2.05, 4.69) is 13.8 Å². The fourth-order valence-electron chi connectivity index (χ4n) is 3.64. The Hall–Kier alpha value is -0.800. The van der Waals surface area contributed by atoms with E-state index in [-0.39, 0.29) is 24.2 Å². The van der Waals surface area contributed by atoms with Crippen LogP contribution in [0.1, 0.15) is 59.8 Å². The van der Waals surface area contributed by atoms with Crippen LogP contribution in [0.4, 0.5) is 0 Å². The van der Waals surface area contributed by atoms with Gasteiger partial charge in [-0.25, -0.2) is 0 Å². The summed E-state index contributed by atoms with van der Waals surface area (Å²) in [4.78, 5) is 0. The second kappa shape index (κ2) is 20.8. The summed E-state index contributed by atoms with van der Waals surface area (Å²) in [5.74, 6) is 0.517. The first-order chi connectivity index (χ1) is 15.2. The van der Waals surface area contributed by atoms with Gasteiger partial charge in [-0.05, 0) is 38.5 Å². The van der Waals surface area contributed by atoms with Gasteiger partial charge in [-0.3, -0.25) is 0 Å². The molecule has 0 heterocycles. The van der Waals surface area contributed by atoms with Gasteiger partial charge in [-0.2, -0.15) is 0 Å². The van der Waals surface area contributed by atoms with E-state index in [9.17, 15) is 10.2 Å². The van der Waals surface area contributed by atoms with Crippen molar-refractivity contribution >= 4 is 0 Å². The number of aliphatic hydroxyl groups is 3. The maximum absolute atomic E-state index is 10.5. The molecule has 7 heteroatoms. The first-order valence-electron chi connectivity index (χ1n) is 11.5. The lowest BCUT2D eigenvalue weighted by Gasteiger charge is -2.25. The van der Waals surface area contributed by atoms with Gasteiger partial charge >= 0.3 is 0 Å². The zero-order valence-electron chi connectivity index (χ0n) is 21.8. The van der Waals surface area contributed by atoms with Crippen molar-refractivity contribution in [3.8, 4) is 0 Å². The van der Waals surface area contributed by atoms with E-state index in [4.69, 9.17) is 24.1 Å². The monoisotopic (exact) mass is 462 g/mol. The molecule has 0 rings (SSSR count). The molecule has 0 aromatic carbocycles. The Morgan fingerprint density at radius 2 is 1.47 bits per heavy atom. The van der Waals surface area contributed by atoms with Crippen LogP contribution in [0.5, 0.6) is 0 Å². The molecule has 192 valence electrons. The minimum Gasteiger partial charge on any atom is -0.400 e. The summed E-state index contributed by atoms with van der Waals surface area (Å²) in [5, 5.41) is 27.3. The fraction of sp³-hybridized carbons (Fsp3) is 0.840. The summed E-state index contributed by atoms with van der Waals surface area (Å²) in [6, 6.07) is 0. The molecule has 0 radical (unpaired) electrons. The highest BCUT2D eigenvalue weighted by molar-refractivity contribution is 5.12. The van der Waals surface area contributed by atoms with Crippen LogP contribution in [0, 0.1) is 11.8 Å². The molecule has 3 N–H and O–H groups in total. The summed E-state index contributed by atoms with van der Waals surface area (Å²) < 4.78 is 21.3. The Morgan fingerprint density at radius 3 is 1.94 bits per heavy atom. The van der Waals surface area contributed by atoms with Crippen molar-refractivity contribution in [2.75, 3.05) is 35.5 Å². The number of rotatable bonds is 17. The maximum Gasteiger partial charge on any atom is 0.180 e. The van der Waals surface area contributed by atoms with E-state index >= 15 is 0 Å². The molecule has 0 spiro atoms. The minimum atomic E-state index is -0.974. The average molecular weight is 463 g/mol. The van der Waals surface area contributed by atoms with Gasteiger partial charge in [-0.15, -0.1) is 0 Å². The third kappa shape index (κ3) is 14.4. The van der Waals surface area contributed by atoms with Gasteiger partial charge in [0.25, 0.3) is 0 Å². The molecule has 0 aliphatic heterocycles. The van der Waals surface area contributed by atoms with Crippen molar-refractivity contribution in [3.63, 3.8) is 0 Å². The van der Waals surface area contributed by atoms with E-state index in [0.29, 0.717) is 12.3 Å². The Labute approximate surface area is 196 Å². The third-order valence-corrected chi connectivity index (χ3v) is 5.90. The number of hydrogen-bond donors (Lipinski definition) is 3. The largest absolute Gasteiger partial charge is 0.400 e. The minimum absolute atomic E-state index is 0.0804. The summed E-state index contributed by atoms with van der Waals surface area (Å²) in [6.07, 6.45) is 8.45. The molecule has 0 fully saturated rings. The summed E-state index contributed by atoms with van der Waals surface area (Å²) in [6.45, 7) is 8.40. The van der Waals surface area contributed by atoms with Crippen molar-refractivity contribution in [2.45, 2.75) is 90.5 Å². The predicted molar refractivity (Wildman–Crippen MR) is 130 cm³/mol. The third-order valence-electron chi connectivity index (χ3n) is 5.90. The summed E-state index contributed by atoms with van der Waals surface area (Å²) in [7, 11) is 7.41. The molecule has 7 nitrogen and oxygen atoms in total. The lowest BCUT2D eigenvalue weighted by Crippen LogP contribution is -2.33. The van der Waals surface area contributed by atoms with Gasteiger partial charge in [-0.1, -0.05) is 44.6 Å². The number of ether oxygens (including phenoxy) is 4. The van der Waals surface area contributed by atoms with Gasteiger partial charge in [0.15, 0.2) is 6.29 Å². The smallest absolute Gasteiger partial charge is 0.180 e. The highest BCUT2D eigenvalue weighted by atomic mass is 16.6. The first-order valence-corrected chi connectivity index (χ1v) is 11.5. The van der Waals surface area contributed by atoms with Crippen LogP contribution >= 0.6 is 0 Å². The molecule has 0 amide bonds. The van der Waals surface area contributed by atoms with Crippen molar-refractivity contribution < 1.29 is 34.3 Å². The topological polar surface area (TPSA) is 97.6 Å². The molecular formula is C25H50O7. The number of aliphatic hydroxyl groups excluding tert-OH is 3. The summed E-state index contributed by atoms with van der Waals surface area (Å²) in [5.41, 5.74) is 1.15. The molecule has 0 aromatic rings. The van der Waals surface area contributed by atoms with E-state index in [1.54, 1.807) is 21.3 Å². The van der Waals surface area contributed by atoms with Crippen LogP contribution in [0.3, 0.4) is 0 Å². The second-order valence-electron chi connectivity index (χ2n) is 8.26. The van der Waals surface area contributed by atoms with Crippen LogP contribution in [-0.4, -0.2) is 81.6 Å². The van der Waals surface area contributed by atoms with Gasteiger partial charge in [0.2, 0.25) is 0 Å². The van der Waals surface area contributed by atoms with Crippen LogP contribution in [0.2, 0.25) is 0 Å². The van der Waals surface area contributed by atoms with Crippen molar-refractivity contribution in [1.82, 2.24) is 0 Å². The number of allylic oxidation sites excluding steroid dienone is 2. The Morgan fingerprint density at radius 1 is 0.875 bits per heavy atom. The lowest BCUT2D eigenvalue weighted by molar-refractivity contribution is -0.164. The lowest BCUT2D eigenvalue weighted by atomic mass is 9.91. The molecule has 0 bridgehead atoms. The molecule has 0 saturated heterocycles. The molecule has 0 aliphatic carbocycles. The van der Waals surface area contributed by atoms with Gasteiger partial charge in [0.05, 0.1) is 18.3 Å². The van der Waals surface area contributed by atoms with Crippen molar-refractivity contribution in [2.24, 2.45) is 11.8 Å². The van der Waals surface area contributed by atoms with E-state index in [1.165, 1.54) is 7.11 Å². The van der Waals surface area contributed by atoms with Crippen LogP contribution in [-0.2, 0) is 18.9 Å². The Balaban J connectivity index is 0. The molecule has 0 aliphatic rings. The standard InChI is InChI=1S/C24H46O6.CH4O/c1-9-22(28-6)19(4)13-14-21(25)18(3)12-10-11-17(2)15-20(27-5)16-23(29-7)24(26)30-8;1-2/h10-12,18-26H,9,13-16H2,1-8H3;2H,1H3/b12-10+,17-11+;. The van der Waals surface area contributed by atoms with Gasteiger partial charge < -0.3 is 34.3 Å². The van der Waals surface area contributed by atoms with Crippen molar-refractivity contribution in [1.29, 1.82) is 0 Å². The SMILES string of the molecule is CCC(OC)C(C)CCC(O)C(C)/C=C/C=C(\C)CC(CC(OC)C(O)OC)OC.CO.